The third-order valence-corrected chi connectivity index (χ3v) is 4.40. The van der Waals surface area contributed by atoms with Gasteiger partial charge in [0.15, 0.2) is 0 Å². The van der Waals surface area contributed by atoms with Gasteiger partial charge in [-0.05, 0) is 25.8 Å². The summed E-state index contributed by atoms with van der Waals surface area (Å²) in [5, 5.41) is 10.2. The summed E-state index contributed by atoms with van der Waals surface area (Å²) in [5.74, 6) is -0.711. The maximum atomic E-state index is 11.6. The fraction of sp³-hybridized carbons (Fsp3) is 0.583. The van der Waals surface area contributed by atoms with Crippen molar-refractivity contribution in [1.82, 2.24) is 0 Å². The van der Waals surface area contributed by atoms with Gasteiger partial charge in [0, 0.05) is 10.4 Å². The highest BCUT2D eigenvalue weighted by Crippen LogP contribution is 2.44. The number of aryl methyl sites for hydroxylation is 1. The van der Waals surface area contributed by atoms with Crippen LogP contribution in [0.1, 0.15) is 42.5 Å². The molecule has 88 valence electrons. The molecule has 1 fully saturated rings. The van der Waals surface area contributed by atoms with Crippen LogP contribution in [0.5, 0.6) is 0 Å². The number of carboxylic acid groups (broad SMARTS) is 1. The van der Waals surface area contributed by atoms with Gasteiger partial charge in [-0.25, -0.2) is 0 Å². The lowest BCUT2D eigenvalue weighted by molar-refractivity contribution is -0.145. The maximum Gasteiger partial charge on any atom is 0.314 e. The first-order chi connectivity index (χ1) is 7.56. The number of carbonyl (C=O) groups is 1. The Morgan fingerprint density at radius 2 is 2.06 bits per heavy atom. The molecule has 0 bridgehead atoms. The Morgan fingerprint density at radius 3 is 2.50 bits per heavy atom. The molecular weight excluding hydrogens is 222 g/mol. The molecule has 0 saturated heterocycles. The van der Waals surface area contributed by atoms with E-state index < -0.39 is 11.4 Å². The van der Waals surface area contributed by atoms with E-state index in [1.54, 1.807) is 0 Å². The summed E-state index contributed by atoms with van der Waals surface area (Å²) >= 11 is 1.49. The standard InChI is InChI=1S/C12H17NO2S/c1-8-7-9(10(13)16-8)12(11(14)15)5-3-2-4-6-12/h7H,2-6,13H2,1H3,(H,14,15). The number of hydrogen-bond acceptors (Lipinski definition) is 3. The molecule has 1 aliphatic rings. The molecule has 0 amide bonds. The molecule has 3 nitrogen and oxygen atoms in total. The minimum atomic E-state index is -0.715. The molecule has 1 aromatic heterocycles. The second kappa shape index (κ2) is 4.09. The Labute approximate surface area is 99.3 Å². The van der Waals surface area contributed by atoms with E-state index in [4.69, 9.17) is 5.73 Å². The van der Waals surface area contributed by atoms with Gasteiger partial charge in [0.2, 0.25) is 0 Å². The molecule has 1 saturated carbocycles. The summed E-state index contributed by atoms with van der Waals surface area (Å²) in [5.41, 5.74) is 6.08. The quantitative estimate of drug-likeness (QED) is 0.834. The summed E-state index contributed by atoms with van der Waals surface area (Å²) in [6, 6.07) is 1.96. The van der Waals surface area contributed by atoms with Crippen LogP contribution in [0.25, 0.3) is 0 Å². The van der Waals surface area contributed by atoms with Gasteiger partial charge >= 0.3 is 5.97 Å². The van der Waals surface area contributed by atoms with E-state index in [2.05, 4.69) is 0 Å². The fourth-order valence-corrected chi connectivity index (χ4v) is 3.55. The normalized spacial score (nSPS) is 19.6. The highest BCUT2D eigenvalue weighted by atomic mass is 32.1. The zero-order valence-corrected chi connectivity index (χ0v) is 10.3. The molecule has 0 aliphatic heterocycles. The summed E-state index contributed by atoms with van der Waals surface area (Å²) in [6.45, 7) is 1.98. The third kappa shape index (κ3) is 1.71. The van der Waals surface area contributed by atoms with Gasteiger partial charge in [0.05, 0.1) is 10.4 Å². The molecule has 0 radical (unpaired) electrons. The molecule has 3 N–H and O–H groups in total. The number of nitrogen functional groups attached to an aromatic ring is 1. The zero-order valence-electron chi connectivity index (χ0n) is 9.45. The number of rotatable bonds is 2. The average molecular weight is 239 g/mol. The molecule has 1 aromatic rings. The van der Waals surface area contributed by atoms with E-state index in [0.29, 0.717) is 5.00 Å². The van der Waals surface area contributed by atoms with Gasteiger partial charge in [0.25, 0.3) is 0 Å². The van der Waals surface area contributed by atoms with Crippen molar-refractivity contribution in [2.45, 2.75) is 44.4 Å². The third-order valence-electron chi connectivity index (χ3n) is 3.52. The monoisotopic (exact) mass is 239 g/mol. The Bertz CT molecular complexity index is 405. The van der Waals surface area contributed by atoms with Crippen LogP contribution in [0.15, 0.2) is 6.07 Å². The smallest absolute Gasteiger partial charge is 0.314 e. The number of hydrogen-bond donors (Lipinski definition) is 2. The maximum absolute atomic E-state index is 11.6. The van der Waals surface area contributed by atoms with Crippen molar-refractivity contribution < 1.29 is 9.90 Å². The molecular formula is C12H17NO2S. The van der Waals surface area contributed by atoms with Crippen molar-refractivity contribution in [2.75, 3.05) is 5.73 Å². The molecule has 0 unspecified atom stereocenters. The van der Waals surface area contributed by atoms with Gasteiger partial charge < -0.3 is 10.8 Å². The van der Waals surface area contributed by atoms with Gasteiger partial charge in [-0.2, -0.15) is 0 Å². The summed E-state index contributed by atoms with van der Waals surface area (Å²) in [6.07, 6.45) is 4.56. The topological polar surface area (TPSA) is 63.3 Å². The van der Waals surface area contributed by atoms with Crippen LogP contribution in [0.3, 0.4) is 0 Å². The van der Waals surface area contributed by atoms with E-state index in [9.17, 15) is 9.90 Å². The highest BCUT2D eigenvalue weighted by molar-refractivity contribution is 7.16. The second-order valence-electron chi connectivity index (χ2n) is 4.58. The summed E-state index contributed by atoms with van der Waals surface area (Å²) in [7, 11) is 0. The Kier molecular flexibility index (Phi) is 2.93. The van der Waals surface area contributed by atoms with Crippen molar-refractivity contribution in [2.24, 2.45) is 0 Å². The largest absolute Gasteiger partial charge is 0.481 e. The number of aliphatic carboxylic acids is 1. The lowest BCUT2D eigenvalue weighted by Gasteiger charge is -2.33. The van der Waals surface area contributed by atoms with Crippen LogP contribution in [0.2, 0.25) is 0 Å². The number of nitrogens with two attached hydrogens (primary N) is 1. The van der Waals surface area contributed by atoms with Crippen molar-refractivity contribution in [3.8, 4) is 0 Å². The lowest BCUT2D eigenvalue weighted by Crippen LogP contribution is -2.38. The Balaban J connectivity index is 2.46. The molecule has 0 spiro atoms. The van der Waals surface area contributed by atoms with Crippen LogP contribution >= 0.6 is 11.3 Å². The van der Waals surface area contributed by atoms with Crippen molar-refractivity contribution in [1.29, 1.82) is 0 Å². The van der Waals surface area contributed by atoms with E-state index in [0.717, 1.165) is 42.5 Å². The first-order valence-electron chi connectivity index (χ1n) is 5.66. The van der Waals surface area contributed by atoms with Gasteiger partial charge in [-0.1, -0.05) is 19.3 Å². The Morgan fingerprint density at radius 1 is 1.44 bits per heavy atom. The fourth-order valence-electron chi connectivity index (χ4n) is 2.66. The zero-order chi connectivity index (χ0) is 11.8. The molecule has 0 aromatic carbocycles. The van der Waals surface area contributed by atoms with E-state index in [1.807, 2.05) is 13.0 Å². The highest BCUT2D eigenvalue weighted by Gasteiger charge is 2.43. The number of carboxylic acids is 1. The molecule has 0 atom stereocenters. The predicted octanol–water partition coefficient (Wildman–Crippen LogP) is 2.93. The predicted molar refractivity (Wildman–Crippen MR) is 65.9 cm³/mol. The van der Waals surface area contributed by atoms with Crippen LogP contribution in [-0.4, -0.2) is 11.1 Å². The molecule has 1 heterocycles. The average Bonchev–Trinajstić information content (AvgIpc) is 2.59. The molecule has 4 heteroatoms. The molecule has 1 aliphatic carbocycles. The minimum Gasteiger partial charge on any atom is -0.481 e. The van der Waals surface area contributed by atoms with Gasteiger partial charge in [-0.3, -0.25) is 4.79 Å². The number of thiophene rings is 1. The van der Waals surface area contributed by atoms with Crippen LogP contribution in [0, 0.1) is 6.92 Å². The lowest BCUT2D eigenvalue weighted by atomic mass is 9.70. The minimum absolute atomic E-state index is 0.682. The summed E-state index contributed by atoms with van der Waals surface area (Å²) in [4.78, 5) is 12.7. The summed E-state index contributed by atoms with van der Waals surface area (Å²) < 4.78 is 0. The first kappa shape index (κ1) is 11.5. The second-order valence-corrected chi connectivity index (χ2v) is 5.87. The Hall–Kier alpha value is -1.03. The molecule has 2 rings (SSSR count). The van der Waals surface area contributed by atoms with Gasteiger partial charge in [0.1, 0.15) is 0 Å². The first-order valence-corrected chi connectivity index (χ1v) is 6.48. The van der Waals surface area contributed by atoms with E-state index in [1.165, 1.54) is 11.3 Å². The van der Waals surface area contributed by atoms with Crippen LogP contribution in [-0.2, 0) is 10.2 Å². The van der Waals surface area contributed by atoms with Crippen molar-refractivity contribution in [3.63, 3.8) is 0 Å². The van der Waals surface area contributed by atoms with Crippen LogP contribution in [0.4, 0.5) is 5.00 Å². The SMILES string of the molecule is Cc1cc(C2(C(=O)O)CCCCC2)c(N)s1. The van der Waals surface area contributed by atoms with Gasteiger partial charge in [-0.15, -0.1) is 11.3 Å². The van der Waals surface area contributed by atoms with E-state index >= 15 is 0 Å². The number of anilines is 1. The molecule has 16 heavy (non-hydrogen) atoms. The van der Waals surface area contributed by atoms with E-state index in [-0.39, 0.29) is 0 Å². The van der Waals surface area contributed by atoms with Crippen molar-refractivity contribution >= 4 is 22.3 Å². The van der Waals surface area contributed by atoms with Crippen LogP contribution < -0.4 is 5.73 Å². The van der Waals surface area contributed by atoms with Crippen molar-refractivity contribution in [3.05, 3.63) is 16.5 Å².